The van der Waals surface area contributed by atoms with Crippen molar-refractivity contribution < 1.29 is 5.11 Å². The number of aromatic nitrogens is 3. The second-order valence-electron chi connectivity index (χ2n) is 5.99. The summed E-state index contributed by atoms with van der Waals surface area (Å²) in [5, 5.41) is 15.7. The van der Waals surface area contributed by atoms with Crippen LogP contribution in [0.15, 0.2) is 48.1 Å². The van der Waals surface area contributed by atoms with Gasteiger partial charge in [-0.3, -0.25) is 0 Å². The highest BCUT2D eigenvalue weighted by molar-refractivity contribution is 7.13. The summed E-state index contributed by atoms with van der Waals surface area (Å²) in [4.78, 5) is 15.6. The van der Waals surface area contributed by atoms with Gasteiger partial charge >= 0.3 is 0 Å². The van der Waals surface area contributed by atoms with Crippen molar-refractivity contribution in [1.29, 1.82) is 0 Å². The van der Waals surface area contributed by atoms with E-state index in [9.17, 15) is 5.11 Å². The fraction of sp³-hybridized carbons (Fsp3) is 0.278. The van der Waals surface area contributed by atoms with Crippen LogP contribution in [0.1, 0.15) is 12.8 Å². The number of pyridine rings is 2. The maximum atomic E-state index is 9.61. The van der Waals surface area contributed by atoms with Crippen LogP contribution in [0.25, 0.3) is 10.7 Å². The number of anilines is 3. The van der Waals surface area contributed by atoms with E-state index in [1.165, 1.54) is 0 Å². The largest absolute Gasteiger partial charge is 0.393 e. The Balaban J connectivity index is 1.45. The van der Waals surface area contributed by atoms with Gasteiger partial charge in [0.15, 0.2) is 0 Å². The number of hydrogen-bond donors (Lipinski definition) is 2. The van der Waals surface area contributed by atoms with Crippen LogP contribution in [0.2, 0.25) is 0 Å². The number of thiazole rings is 1. The van der Waals surface area contributed by atoms with Crippen molar-refractivity contribution in [3.8, 4) is 10.7 Å². The van der Waals surface area contributed by atoms with E-state index >= 15 is 0 Å². The average Bonchev–Trinajstić information content (AvgIpc) is 3.18. The molecule has 4 rings (SSSR count). The van der Waals surface area contributed by atoms with Gasteiger partial charge in [0.05, 0.1) is 18.0 Å². The molecule has 7 heteroatoms. The minimum Gasteiger partial charge on any atom is -0.393 e. The van der Waals surface area contributed by atoms with Gasteiger partial charge in [0.25, 0.3) is 0 Å². The maximum Gasteiger partial charge on any atom is 0.141 e. The van der Waals surface area contributed by atoms with E-state index in [1.807, 2.05) is 35.8 Å². The molecule has 1 aliphatic rings. The third kappa shape index (κ3) is 3.78. The van der Waals surface area contributed by atoms with Crippen molar-refractivity contribution in [3.63, 3.8) is 0 Å². The highest BCUT2D eigenvalue weighted by Crippen LogP contribution is 2.24. The lowest BCUT2D eigenvalue weighted by molar-refractivity contribution is 0.145. The monoisotopic (exact) mass is 353 g/mol. The van der Waals surface area contributed by atoms with Gasteiger partial charge in [0.1, 0.15) is 22.3 Å². The molecule has 4 heterocycles. The molecule has 0 aromatic carbocycles. The Bertz CT molecular complexity index is 814. The quantitative estimate of drug-likeness (QED) is 0.750. The van der Waals surface area contributed by atoms with Gasteiger partial charge in [-0.2, -0.15) is 0 Å². The number of nitrogens with one attached hydrogen (secondary N) is 1. The van der Waals surface area contributed by atoms with Crippen LogP contribution in [-0.2, 0) is 0 Å². The molecule has 3 aromatic rings. The normalized spacial score (nSPS) is 15.3. The molecule has 0 amide bonds. The Morgan fingerprint density at radius 3 is 2.68 bits per heavy atom. The van der Waals surface area contributed by atoms with Crippen LogP contribution >= 0.6 is 11.3 Å². The summed E-state index contributed by atoms with van der Waals surface area (Å²) in [6.07, 6.45) is 5.11. The fourth-order valence-electron chi connectivity index (χ4n) is 2.88. The van der Waals surface area contributed by atoms with Gasteiger partial charge in [0.2, 0.25) is 0 Å². The third-order valence-electron chi connectivity index (χ3n) is 4.23. The second kappa shape index (κ2) is 7.16. The lowest BCUT2D eigenvalue weighted by Crippen LogP contribution is -2.35. The van der Waals surface area contributed by atoms with Crippen LogP contribution in [0.4, 0.5) is 17.3 Å². The number of hydrogen-bond acceptors (Lipinski definition) is 7. The van der Waals surface area contributed by atoms with Crippen molar-refractivity contribution in [2.75, 3.05) is 23.3 Å². The Morgan fingerprint density at radius 1 is 1.08 bits per heavy atom. The molecule has 1 saturated heterocycles. The van der Waals surface area contributed by atoms with E-state index in [0.717, 1.165) is 54.0 Å². The topological polar surface area (TPSA) is 74.2 Å². The summed E-state index contributed by atoms with van der Waals surface area (Å²) in [5.74, 6) is 1.50. The Hall–Kier alpha value is -2.51. The molecule has 1 aliphatic heterocycles. The number of aliphatic hydroxyl groups is 1. The molecule has 128 valence electrons. The summed E-state index contributed by atoms with van der Waals surface area (Å²) in [7, 11) is 0. The summed E-state index contributed by atoms with van der Waals surface area (Å²) in [6, 6.07) is 9.83. The van der Waals surface area contributed by atoms with E-state index in [4.69, 9.17) is 0 Å². The third-order valence-corrected chi connectivity index (χ3v) is 5.03. The zero-order valence-corrected chi connectivity index (χ0v) is 14.5. The van der Waals surface area contributed by atoms with E-state index in [1.54, 1.807) is 17.5 Å². The zero-order valence-electron chi connectivity index (χ0n) is 13.7. The van der Waals surface area contributed by atoms with Crippen LogP contribution in [-0.4, -0.2) is 39.3 Å². The van der Waals surface area contributed by atoms with E-state index in [-0.39, 0.29) is 6.10 Å². The van der Waals surface area contributed by atoms with Crippen LogP contribution in [0.5, 0.6) is 0 Å². The Kier molecular flexibility index (Phi) is 4.58. The molecule has 0 bridgehead atoms. The molecule has 0 unspecified atom stereocenters. The summed E-state index contributed by atoms with van der Waals surface area (Å²) >= 11 is 1.57. The molecular formula is C18H19N5OS. The highest BCUT2D eigenvalue weighted by atomic mass is 32.1. The van der Waals surface area contributed by atoms with Crippen molar-refractivity contribution >= 4 is 28.7 Å². The fourth-order valence-corrected chi connectivity index (χ4v) is 3.48. The van der Waals surface area contributed by atoms with Gasteiger partial charge in [-0.25, -0.2) is 15.0 Å². The van der Waals surface area contributed by atoms with Crippen molar-refractivity contribution in [1.82, 2.24) is 15.0 Å². The first-order valence-electron chi connectivity index (χ1n) is 8.31. The molecule has 2 N–H and O–H groups in total. The number of rotatable bonds is 4. The molecular weight excluding hydrogens is 334 g/mol. The minimum atomic E-state index is -0.165. The first-order valence-corrected chi connectivity index (χ1v) is 9.19. The van der Waals surface area contributed by atoms with Crippen molar-refractivity contribution in [2.45, 2.75) is 18.9 Å². The molecule has 25 heavy (non-hydrogen) atoms. The molecule has 3 aromatic heterocycles. The maximum absolute atomic E-state index is 9.61. The Morgan fingerprint density at radius 2 is 1.96 bits per heavy atom. The van der Waals surface area contributed by atoms with E-state index < -0.39 is 0 Å². The molecule has 6 nitrogen and oxygen atoms in total. The predicted octanol–water partition coefficient (Wildman–Crippen LogP) is 3.30. The van der Waals surface area contributed by atoms with Crippen molar-refractivity contribution in [2.24, 2.45) is 0 Å². The van der Waals surface area contributed by atoms with Crippen LogP contribution < -0.4 is 10.2 Å². The molecule has 0 radical (unpaired) electrons. The standard InChI is InChI=1S/C18H19N5OS/c24-14-6-9-23(10-7-14)13-4-5-16(20-12-13)22-17-3-1-2-15(21-17)18-19-8-11-25-18/h1-5,8,11-12,14,24H,6-7,9-10H2,(H,20,21,22). The van der Waals surface area contributed by atoms with E-state index in [2.05, 4.69) is 31.2 Å². The van der Waals surface area contributed by atoms with Gasteiger partial charge in [-0.05, 0) is 37.1 Å². The SMILES string of the molecule is OC1CCN(c2ccc(Nc3cccc(-c4nccs4)n3)nc2)CC1. The molecule has 0 aliphatic carbocycles. The summed E-state index contributed by atoms with van der Waals surface area (Å²) in [5.41, 5.74) is 1.94. The average molecular weight is 353 g/mol. The number of nitrogens with zero attached hydrogens (tertiary/aromatic N) is 4. The molecule has 1 fully saturated rings. The van der Waals surface area contributed by atoms with Gasteiger partial charge < -0.3 is 15.3 Å². The number of piperidine rings is 1. The zero-order chi connectivity index (χ0) is 17.1. The van der Waals surface area contributed by atoms with E-state index in [0.29, 0.717) is 0 Å². The van der Waals surface area contributed by atoms with Crippen LogP contribution in [0, 0.1) is 0 Å². The van der Waals surface area contributed by atoms with Crippen LogP contribution in [0.3, 0.4) is 0 Å². The lowest BCUT2D eigenvalue weighted by Gasteiger charge is -2.31. The lowest BCUT2D eigenvalue weighted by atomic mass is 10.1. The first-order chi connectivity index (χ1) is 12.3. The molecule has 0 atom stereocenters. The second-order valence-corrected chi connectivity index (χ2v) is 6.88. The predicted molar refractivity (Wildman–Crippen MR) is 100 cm³/mol. The highest BCUT2D eigenvalue weighted by Gasteiger charge is 2.17. The summed E-state index contributed by atoms with van der Waals surface area (Å²) in [6.45, 7) is 1.74. The van der Waals surface area contributed by atoms with Gasteiger partial charge in [-0.1, -0.05) is 6.07 Å². The minimum absolute atomic E-state index is 0.165. The van der Waals surface area contributed by atoms with Crippen molar-refractivity contribution in [3.05, 3.63) is 48.1 Å². The number of aliphatic hydroxyl groups excluding tert-OH is 1. The Labute approximate surface area is 150 Å². The smallest absolute Gasteiger partial charge is 0.141 e. The summed E-state index contributed by atoms with van der Waals surface area (Å²) < 4.78 is 0. The molecule has 0 saturated carbocycles. The van der Waals surface area contributed by atoms with Gasteiger partial charge in [0, 0.05) is 24.7 Å². The van der Waals surface area contributed by atoms with Gasteiger partial charge in [-0.15, -0.1) is 11.3 Å². The first kappa shape index (κ1) is 16.0. The molecule has 0 spiro atoms.